The smallest absolute Gasteiger partial charge is 0.257 e. The third-order valence-electron chi connectivity index (χ3n) is 6.08. The maximum Gasteiger partial charge on any atom is 0.257 e. The molecule has 3 aromatic rings. The summed E-state index contributed by atoms with van der Waals surface area (Å²) in [6.45, 7) is 3.35. The van der Waals surface area contributed by atoms with Gasteiger partial charge in [-0.25, -0.2) is 9.97 Å². The van der Waals surface area contributed by atoms with Crippen LogP contribution in [0.3, 0.4) is 0 Å². The first-order chi connectivity index (χ1) is 16.2. The van der Waals surface area contributed by atoms with Crippen LogP contribution in [-0.2, 0) is 13.0 Å². The minimum absolute atomic E-state index is 0.142. The average Bonchev–Trinajstić information content (AvgIpc) is 2.98. The molecule has 1 atom stereocenters. The quantitative estimate of drug-likeness (QED) is 0.602. The highest BCUT2D eigenvalue weighted by Gasteiger charge is 2.27. The zero-order chi connectivity index (χ0) is 22.6. The van der Waals surface area contributed by atoms with E-state index in [0.29, 0.717) is 36.8 Å². The first-order valence-electron chi connectivity index (χ1n) is 11.2. The number of benzene rings is 2. The third kappa shape index (κ3) is 4.97. The third-order valence-corrected chi connectivity index (χ3v) is 6.08. The number of nitrogens with zero attached hydrogens (tertiary/aromatic N) is 4. The molecular formula is C25H27N5O3. The Morgan fingerprint density at radius 2 is 1.97 bits per heavy atom. The van der Waals surface area contributed by atoms with Crippen LogP contribution in [0.25, 0.3) is 0 Å². The molecule has 1 amide bonds. The number of aliphatic hydroxyl groups is 1. The van der Waals surface area contributed by atoms with Crippen LogP contribution in [0, 0.1) is 0 Å². The van der Waals surface area contributed by atoms with Gasteiger partial charge in [-0.15, -0.1) is 0 Å². The van der Waals surface area contributed by atoms with E-state index in [1.807, 2.05) is 6.07 Å². The van der Waals surface area contributed by atoms with Gasteiger partial charge in [0.05, 0.1) is 18.2 Å². The van der Waals surface area contributed by atoms with Gasteiger partial charge in [-0.1, -0.05) is 24.3 Å². The van der Waals surface area contributed by atoms with Crippen molar-refractivity contribution < 1.29 is 14.6 Å². The summed E-state index contributed by atoms with van der Waals surface area (Å²) in [6, 6.07) is 15.6. The Morgan fingerprint density at radius 3 is 2.82 bits per heavy atom. The lowest BCUT2D eigenvalue weighted by molar-refractivity contribution is 0.0501. The van der Waals surface area contributed by atoms with Gasteiger partial charge in [0.1, 0.15) is 24.5 Å². The number of hydrogen-bond donors (Lipinski definition) is 2. The summed E-state index contributed by atoms with van der Waals surface area (Å²) in [5.41, 5.74) is 3.91. The van der Waals surface area contributed by atoms with Crippen molar-refractivity contribution in [3.8, 4) is 5.75 Å². The zero-order valence-electron chi connectivity index (χ0n) is 18.4. The van der Waals surface area contributed by atoms with Crippen molar-refractivity contribution in [2.24, 2.45) is 0 Å². The average molecular weight is 446 g/mol. The molecule has 33 heavy (non-hydrogen) atoms. The van der Waals surface area contributed by atoms with E-state index in [9.17, 15) is 9.90 Å². The van der Waals surface area contributed by atoms with E-state index < -0.39 is 6.10 Å². The number of aliphatic hydroxyl groups excluding tert-OH is 1. The largest absolute Gasteiger partial charge is 0.491 e. The summed E-state index contributed by atoms with van der Waals surface area (Å²) >= 11 is 0. The van der Waals surface area contributed by atoms with Gasteiger partial charge >= 0.3 is 0 Å². The molecule has 2 aliphatic heterocycles. The van der Waals surface area contributed by atoms with Gasteiger partial charge in [0.2, 0.25) is 0 Å². The molecule has 0 bridgehead atoms. The highest BCUT2D eigenvalue weighted by atomic mass is 16.5. The van der Waals surface area contributed by atoms with Crippen molar-refractivity contribution in [1.29, 1.82) is 0 Å². The van der Waals surface area contributed by atoms with E-state index >= 15 is 0 Å². The molecule has 2 aromatic carbocycles. The highest BCUT2D eigenvalue weighted by Crippen LogP contribution is 2.28. The highest BCUT2D eigenvalue weighted by molar-refractivity contribution is 5.98. The summed E-state index contributed by atoms with van der Waals surface area (Å²) in [7, 11) is 0. The second kappa shape index (κ2) is 9.56. The van der Waals surface area contributed by atoms with Crippen molar-refractivity contribution in [1.82, 2.24) is 19.8 Å². The molecule has 0 fully saturated rings. The zero-order valence-corrected chi connectivity index (χ0v) is 18.4. The molecule has 2 N–H and O–H groups in total. The van der Waals surface area contributed by atoms with Crippen LogP contribution in [0.1, 0.15) is 21.5 Å². The van der Waals surface area contributed by atoms with Crippen molar-refractivity contribution in [3.05, 3.63) is 77.7 Å². The minimum atomic E-state index is -0.636. The fourth-order valence-corrected chi connectivity index (χ4v) is 4.45. The second-order valence-electron chi connectivity index (χ2n) is 8.44. The summed E-state index contributed by atoms with van der Waals surface area (Å²) in [5, 5.41) is 14.0. The Hall–Kier alpha value is -3.49. The standard InChI is InChI=1S/C25H27N5O3/c31-21(15-29-10-8-18-3-1-2-4-19(18)14-29)16-30-11-12-33-23-6-5-20(13-22(23)25(30)32)28-24-7-9-26-17-27-24/h1-7,9,13,17,21,31H,8,10-12,14-16H2,(H,26,27,28). The van der Waals surface area contributed by atoms with Crippen LogP contribution in [0.2, 0.25) is 0 Å². The number of aromatic nitrogens is 2. The van der Waals surface area contributed by atoms with Crippen LogP contribution in [0.5, 0.6) is 5.75 Å². The van der Waals surface area contributed by atoms with Crippen molar-refractivity contribution in [2.75, 3.05) is 38.1 Å². The molecule has 0 spiro atoms. The molecule has 8 heteroatoms. The predicted molar refractivity (Wildman–Crippen MR) is 125 cm³/mol. The normalized spacial score (nSPS) is 16.9. The number of rotatable bonds is 6. The van der Waals surface area contributed by atoms with Gasteiger partial charge in [0.25, 0.3) is 5.91 Å². The Morgan fingerprint density at radius 1 is 1.09 bits per heavy atom. The summed E-state index contributed by atoms with van der Waals surface area (Å²) in [5.74, 6) is 1.05. The number of carbonyl (C=O) groups excluding carboxylic acids is 1. The first kappa shape index (κ1) is 21.4. The van der Waals surface area contributed by atoms with Crippen molar-refractivity contribution in [2.45, 2.75) is 19.1 Å². The van der Waals surface area contributed by atoms with Gasteiger partial charge in [-0.05, 0) is 41.8 Å². The number of amides is 1. The Bertz CT molecular complexity index is 1120. The minimum Gasteiger partial charge on any atom is -0.491 e. The molecule has 0 saturated carbocycles. The number of nitrogens with one attached hydrogen (secondary N) is 1. The molecule has 0 aliphatic carbocycles. The number of anilines is 2. The predicted octanol–water partition coefficient (Wildman–Crippen LogP) is 2.47. The maximum absolute atomic E-state index is 13.3. The maximum atomic E-state index is 13.3. The summed E-state index contributed by atoms with van der Waals surface area (Å²) < 4.78 is 5.82. The lowest BCUT2D eigenvalue weighted by atomic mass is 10.00. The molecule has 1 unspecified atom stereocenters. The fraction of sp³-hybridized carbons (Fsp3) is 0.320. The Kier molecular flexibility index (Phi) is 6.19. The molecule has 1 aromatic heterocycles. The van der Waals surface area contributed by atoms with E-state index in [1.54, 1.807) is 29.3 Å². The SMILES string of the molecule is O=C1c2cc(Nc3ccncn3)ccc2OCCN1CC(O)CN1CCc2ccccc2C1. The van der Waals surface area contributed by atoms with Crippen LogP contribution in [0.15, 0.2) is 61.1 Å². The van der Waals surface area contributed by atoms with Crippen LogP contribution in [-0.4, -0.2) is 69.7 Å². The monoisotopic (exact) mass is 445 g/mol. The van der Waals surface area contributed by atoms with E-state index in [2.05, 4.69) is 44.5 Å². The van der Waals surface area contributed by atoms with E-state index in [4.69, 9.17) is 4.74 Å². The molecule has 0 saturated heterocycles. The van der Waals surface area contributed by atoms with Gasteiger partial charge < -0.3 is 20.1 Å². The Balaban J connectivity index is 1.24. The van der Waals surface area contributed by atoms with Crippen LogP contribution < -0.4 is 10.1 Å². The molecular weight excluding hydrogens is 418 g/mol. The van der Waals surface area contributed by atoms with E-state index in [-0.39, 0.29) is 12.5 Å². The molecule has 2 aliphatic rings. The van der Waals surface area contributed by atoms with Gasteiger partial charge in [-0.3, -0.25) is 9.69 Å². The number of ether oxygens (including phenoxy) is 1. The van der Waals surface area contributed by atoms with Crippen LogP contribution >= 0.6 is 0 Å². The topological polar surface area (TPSA) is 90.8 Å². The van der Waals surface area contributed by atoms with Crippen molar-refractivity contribution in [3.63, 3.8) is 0 Å². The lowest BCUT2D eigenvalue weighted by Gasteiger charge is -2.32. The first-order valence-corrected chi connectivity index (χ1v) is 11.2. The van der Waals surface area contributed by atoms with E-state index in [1.165, 1.54) is 17.5 Å². The summed E-state index contributed by atoms with van der Waals surface area (Å²) in [6.07, 6.45) is 3.46. The lowest BCUT2D eigenvalue weighted by Crippen LogP contribution is -2.44. The Labute approximate surface area is 192 Å². The van der Waals surface area contributed by atoms with Gasteiger partial charge in [-0.2, -0.15) is 0 Å². The van der Waals surface area contributed by atoms with E-state index in [0.717, 1.165) is 25.2 Å². The molecule has 5 rings (SSSR count). The molecule has 8 nitrogen and oxygen atoms in total. The number of β-amino-alcohol motifs (C(OH)–C–C–N with tert-alkyl or cyclic N) is 1. The number of carbonyl (C=O) groups is 1. The fourth-order valence-electron chi connectivity index (χ4n) is 4.45. The number of hydrogen-bond acceptors (Lipinski definition) is 7. The molecule has 0 radical (unpaired) electrons. The molecule has 170 valence electrons. The van der Waals surface area contributed by atoms with Crippen molar-refractivity contribution >= 4 is 17.4 Å². The summed E-state index contributed by atoms with van der Waals surface area (Å²) in [4.78, 5) is 25.3. The van der Waals surface area contributed by atoms with Crippen LogP contribution in [0.4, 0.5) is 11.5 Å². The second-order valence-corrected chi connectivity index (χ2v) is 8.44. The number of fused-ring (bicyclic) bond motifs is 2. The molecule has 3 heterocycles. The van der Waals surface area contributed by atoms with Gasteiger partial charge in [0.15, 0.2) is 0 Å². The van der Waals surface area contributed by atoms with Gasteiger partial charge in [0, 0.05) is 38.1 Å².